The molecule has 1 aliphatic rings. The van der Waals surface area contributed by atoms with Gasteiger partial charge in [-0.3, -0.25) is 4.90 Å². The van der Waals surface area contributed by atoms with Crippen LogP contribution >= 0.6 is 11.3 Å². The van der Waals surface area contributed by atoms with Gasteiger partial charge in [0.15, 0.2) is 0 Å². The van der Waals surface area contributed by atoms with Crippen LogP contribution in [0.15, 0.2) is 11.4 Å². The summed E-state index contributed by atoms with van der Waals surface area (Å²) < 4.78 is 0. The molecule has 0 aliphatic carbocycles. The zero-order valence-corrected chi connectivity index (χ0v) is 12.2. The van der Waals surface area contributed by atoms with Crippen LogP contribution in [0, 0.1) is 6.92 Å². The molecule has 1 aromatic rings. The number of nitrogens with one attached hydrogen (secondary N) is 1. The molecule has 96 valence electrons. The van der Waals surface area contributed by atoms with Gasteiger partial charge in [0.25, 0.3) is 0 Å². The second-order valence-electron chi connectivity index (χ2n) is 5.54. The minimum atomic E-state index is 0.195. The van der Waals surface area contributed by atoms with E-state index in [0.717, 1.165) is 0 Å². The van der Waals surface area contributed by atoms with E-state index in [1.807, 2.05) is 11.3 Å². The summed E-state index contributed by atoms with van der Waals surface area (Å²) in [6.07, 6.45) is 2.70. The first kappa shape index (κ1) is 13.1. The Morgan fingerprint density at radius 3 is 2.47 bits per heavy atom. The molecule has 2 heterocycles. The van der Waals surface area contributed by atoms with Crippen LogP contribution in [-0.2, 0) is 0 Å². The van der Waals surface area contributed by atoms with Gasteiger partial charge in [-0.05, 0) is 70.8 Å². The first-order chi connectivity index (χ1) is 8.07. The second kappa shape index (κ2) is 5.09. The normalized spacial score (nSPS) is 19.8. The average Bonchev–Trinajstić information content (AvgIpc) is 2.91. The molecule has 0 saturated carbocycles. The standard InChI is InChI=1S/C14H24N2S/c1-11-7-10-17-12(11)13(15-4)14(2,3)16-8-5-6-9-16/h7,10,13,15H,5-6,8-9H2,1-4H3. The molecule has 2 rings (SSSR count). The van der Waals surface area contributed by atoms with Crippen LogP contribution in [0.2, 0.25) is 0 Å². The SMILES string of the molecule is CNC(c1sccc1C)C(C)(C)N1CCCC1. The van der Waals surface area contributed by atoms with Gasteiger partial charge >= 0.3 is 0 Å². The van der Waals surface area contributed by atoms with Crippen molar-refractivity contribution in [3.8, 4) is 0 Å². The van der Waals surface area contributed by atoms with Gasteiger partial charge in [-0.25, -0.2) is 0 Å². The highest BCUT2D eigenvalue weighted by Crippen LogP contribution is 2.36. The lowest BCUT2D eigenvalue weighted by molar-refractivity contribution is 0.112. The van der Waals surface area contributed by atoms with Gasteiger partial charge in [-0.2, -0.15) is 0 Å². The lowest BCUT2D eigenvalue weighted by Gasteiger charge is -2.42. The van der Waals surface area contributed by atoms with Crippen LogP contribution in [0.1, 0.15) is 43.2 Å². The molecule has 3 heteroatoms. The minimum absolute atomic E-state index is 0.195. The topological polar surface area (TPSA) is 15.3 Å². The van der Waals surface area contributed by atoms with E-state index in [2.05, 4.69) is 49.5 Å². The molecule has 1 aliphatic heterocycles. The lowest BCUT2D eigenvalue weighted by Crippen LogP contribution is -2.50. The van der Waals surface area contributed by atoms with E-state index >= 15 is 0 Å². The Kier molecular flexibility index (Phi) is 3.91. The molecule has 1 unspecified atom stereocenters. The Balaban J connectivity index is 2.25. The molecular weight excluding hydrogens is 228 g/mol. The molecule has 1 aromatic heterocycles. The highest BCUT2D eigenvalue weighted by molar-refractivity contribution is 7.10. The van der Waals surface area contributed by atoms with Gasteiger partial charge < -0.3 is 5.32 Å². The van der Waals surface area contributed by atoms with E-state index in [0.29, 0.717) is 6.04 Å². The van der Waals surface area contributed by atoms with E-state index in [1.54, 1.807) is 0 Å². The predicted molar refractivity (Wildman–Crippen MR) is 75.7 cm³/mol. The monoisotopic (exact) mass is 252 g/mol. The van der Waals surface area contributed by atoms with Crippen molar-refractivity contribution in [3.63, 3.8) is 0 Å². The summed E-state index contributed by atoms with van der Waals surface area (Å²) in [6, 6.07) is 2.66. The lowest BCUT2D eigenvalue weighted by atomic mass is 9.90. The summed E-state index contributed by atoms with van der Waals surface area (Å²) in [5, 5.41) is 5.73. The van der Waals surface area contributed by atoms with Crippen LogP contribution in [0.25, 0.3) is 0 Å². The van der Waals surface area contributed by atoms with Crippen LogP contribution in [-0.4, -0.2) is 30.6 Å². The highest BCUT2D eigenvalue weighted by atomic mass is 32.1. The zero-order valence-electron chi connectivity index (χ0n) is 11.4. The molecule has 0 radical (unpaired) electrons. The third kappa shape index (κ3) is 2.42. The maximum Gasteiger partial charge on any atom is 0.0596 e. The number of hydrogen-bond acceptors (Lipinski definition) is 3. The maximum atomic E-state index is 3.53. The molecule has 0 spiro atoms. The van der Waals surface area contributed by atoms with Crippen LogP contribution in [0.3, 0.4) is 0 Å². The van der Waals surface area contributed by atoms with E-state index < -0.39 is 0 Å². The zero-order chi connectivity index (χ0) is 12.5. The Morgan fingerprint density at radius 2 is 2.00 bits per heavy atom. The Bertz CT molecular complexity index is 364. The van der Waals surface area contributed by atoms with E-state index in [4.69, 9.17) is 0 Å². The quantitative estimate of drug-likeness (QED) is 0.885. The second-order valence-corrected chi connectivity index (χ2v) is 6.49. The molecule has 1 atom stereocenters. The smallest absolute Gasteiger partial charge is 0.0596 e. The van der Waals surface area contributed by atoms with Crippen molar-refractivity contribution in [1.82, 2.24) is 10.2 Å². The van der Waals surface area contributed by atoms with E-state index in [1.165, 1.54) is 36.4 Å². The molecule has 2 nitrogen and oxygen atoms in total. The fourth-order valence-corrected chi connectivity index (χ4v) is 4.18. The molecule has 1 N–H and O–H groups in total. The van der Waals surface area contributed by atoms with Crippen molar-refractivity contribution < 1.29 is 0 Å². The van der Waals surface area contributed by atoms with Crippen molar-refractivity contribution in [2.45, 2.75) is 45.2 Å². The van der Waals surface area contributed by atoms with Crippen molar-refractivity contribution in [2.24, 2.45) is 0 Å². The first-order valence-electron chi connectivity index (χ1n) is 6.53. The number of likely N-dealkylation sites (N-methyl/N-ethyl adjacent to an activating group) is 1. The minimum Gasteiger partial charge on any atom is -0.311 e. The summed E-state index contributed by atoms with van der Waals surface area (Å²) >= 11 is 1.88. The Morgan fingerprint density at radius 1 is 1.35 bits per heavy atom. The molecule has 0 aromatic carbocycles. The molecule has 1 fully saturated rings. The molecular formula is C14H24N2S. The van der Waals surface area contributed by atoms with Gasteiger partial charge in [0, 0.05) is 10.4 Å². The van der Waals surface area contributed by atoms with Crippen molar-refractivity contribution in [1.29, 1.82) is 0 Å². The number of hydrogen-bond donors (Lipinski definition) is 1. The van der Waals surface area contributed by atoms with Gasteiger partial charge in [0.05, 0.1) is 6.04 Å². The molecule has 1 saturated heterocycles. The Labute approximate surface area is 109 Å². The third-order valence-electron chi connectivity index (χ3n) is 4.08. The highest BCUT2D eigenvalue weighted by Gasteiger charge is 2.37. The van der Waals surface area contributed by atoms with Gasteiger partial charge in [-0.1, -0.05) is 0 Å². The van der Waals surface area contributed by atoms with Gasteiger partial charge in [0.2, 0.25) is 0 Å². The number of likely N-dealkylation sites (tertiary alicyclic amines) is 1. The summed E-state index contributed by atoms with van der Waals surface area (Å²) in [7, 11) is 2.08. The number of thiophene rings is 1. The average molecular weight is 252 g/mol. The molecule has 17 heavy (non-hydrogen) atoms. The van der Waals surface area contributed by atoms with Crippen molar-refractivity contribution in [3.05, 3.63) is 21.9 Å². The summed E-state index contributed by atoms with van der Waals surface area (Å²) in [5.74, 6) is 0. The number of aryl methyl sites for hydroxylation is 1. The van der Waals surface area contributed by atoms with Gasteiger partial charge in [0.1, 0.15) is 0 Å². The Hall–Kier alpha value is -0.380. The molecule has 0 bridgehead atoms. The fraction of sp³-hybridized carbons (Fsp3) is 0.714. The maximum absolute atomic E-state index is 3.53. The predicted octanol–water partition coefficient (Wildman–Crippen LogP) is 3.19. The van der Waals surface area contributed by atoms with E-state index in [9.17, 15) is 0 Å². The van der Waals surface area contributed by atoms with Crippen LogP contribution in [0.4, 0.5) is 0 Å². The van der Waals surface area contributed by atoms with Crippen molar-refractivity contribution in [2.75, 3.05) is 20.1 Å². The summed E-state index contributed by atoms with van der Waals surface area (Å²) in [6.45, 7) is 9.46. The summed E-state index contributed by atoms with van der Waals surface area (Å²) in [5.41, 5.74) is 1.61. The van der Waals surface area contributed by atoms with Crippen LogP contribution in [0.5, 0.6) is 0 Å². The van der Waals surface area contributed by atoms with E-state index in [-0.39, 0.29) is 5.54 Å². The molecule has 0 amide bonds. The number of rotatable bonds is 4. The first-order valence-corrected chi connectivity index (χ1v) is 7.41. The van der Waals surface area contributed by atoms with Crippen molar-refractivity contribution >= 4 is 11.3 Å². The fourth-order valence-electron chi connectivity index (χ4n) is 2.96. The van der Waals surface area contributed by atoms with Crippen LogP contribution < -0.4 is 5.32 Å². The third-order valence-corrected chi connectivity index (χ3v) is 5.16. The summed E-state index contributed by atoms with van der Waals surface area (Å²) in [4.78, 5) is 4.12. The largest absolute Gasteiger partial charge is 0.311 e. The van der Waals surface area contributed by atoms with Gasteiger partial charge in [-0.15, -0.1) is 11.3 Å². The number of nitrogens with zero attached hydrogens (tertiary/aromatic N) is 1.